The summed E-state index contributed by atoms with van der Waals surface area (Å²) in [6, 6.07) is 9.59. The maximum absolute atomic E-state index is 13.6. The van der Waals surface area contributed by atoms with Crippen LogP contribution in [0.25, 0.3) is 0 Å². The molecule has 0 radical (unpaired) electrons. The molecule has 0 bridgehead atoms. The summed E-state index contributed by atoms with van der Waals surface area (Å²) in [7, 11) is 0. The van der Waals surface area contributed by atoms with E-state index >= 15 is 0 Å². The van der Waals surface area contributed by atoms with Crippen molar-refractivity contribution in [2.45, 2.75) is 19.4 Å². The zero-order valence-electron chi connectivity index (χ0n) is 13.6. The lowest BCUT2D eigenvalue weighted by Gasteiger charge is -2.17. The zero-order chi connectivity index (χ0) is 18.0. The minimum Gasteiger partial charge on any atom is -0.333 e. The molecule has 1 aliphatic rings. The van der Waals surface area contributed by atoms with Gasteiger partial charge in [-0.05, 0) is 31.2 Å². The Balaban J connectivity index is 1.63. The smallest absolute Gasteiger partial charge is 0.319 e. The number of carbonyl (C=O) groups is 2. The van der Waals surface area contributed by atoms with Crippen molar-refractivity contribution in [1.82, 2.24) is 5.32 Å². The molecule has 1 saturated heterocycles. The molecular weight excluding hydrogens is 328 g/mol. The molecule has 0 saturated carbocycles. The number of halogens is 2. The Kier molecular flexibility index (Phi) is 4.65. The average molecular weight is 345 g/mol. The number of para-hydroxylation sites is 1. The zero-order valence-corrected chi connectivity index (χ0v) is 13.6. The van der Waals surface area contributed by atoms with Crippen LogP contribution in [0.4, 0.5) is 25.0 Å². The first-order chi connectivity index (χ1) is 11.9. The Morgan fingerprint density at radius 2 is 1.76 bits per heavy atom. The number of anilines is 2. The van der Waals surface area contributed by atoms with Gasteiger partial charge in [-0.15, -0.1) is 0 Å². The fraction of sp³-hybridized carbons (Fsp3) is 0.222. The van der Waals surface area contributed by atoms with E-state index < -0.39 is 29.4 Å². The lowest BCUT2D eigenvalue weighted by Crippen LogP contribution is -2.40. The highest BCUT2D eigenvalue weighted by atomic mass is 19.1. The Morgan fingerprint density at radius 1 is 1.12 bits per heavy atom. The second kappa shape index (κ2) is 6.88. The molecule has 1 atom stereocenters. The van der Waals surface area contributed by atoms with E-state index in [0.717, 1.165) is 23.4 Å². The van der Waals surface area contributed by atoms with E-state index in [1.807, 2.05) is 31.2 Å². The van der Waals surface area contributed by atoms with Crippen LogP contribution in [0.1, 0.15) is 12.0 Å². The van der Waals surface area contributed by atoms with Crippen molar-refractivity contribution in [2.75, 3.05) is 16.8 Å². The second-order valence-electron chi connectivity index (χ2n) is 5.94. The Hall–Kier alpha value is -2.96. The molecule has 25 heavy (non-hydrogen) atoms. The molecule has 2 aromatic carbocycles. The monoisotopic (exact) mass is 345 g/mol. The quantitative estimate of drug-likeness (QED) is 0.897. The molecule has 5 nitrogen and oxygen atoms in total. The van der Waals surface area contributed by atoms with Crippen LogP contribution in [0.2, 0.25) is 0 Å². The standard InChI is InChI=1S/C18H17F2N3O2/c1-11-5-7-13(8-6-11)23-10-12(9-16(23)24)21-18(25)22-17-14(19)3-2-4-15(17)20/h2-8,12H,9-10H2,1H3,(H2,21,22,25). The van der Waals surface area contributed by atoms with Gasteiger partial charge in [-0.25, -0.2) is 13.6 Å². The van der Waals surface area contributed by atoms with Crippen molar-refractivity contribution in [3.05, 3.63) is 59.7 Å². The van der Waals surface area contributed by atoms with Gasteiger partial charge in [0.05, 0.1) is 6.04 Å². The lowest BCUT2D eigenvalue weighted by molar-refractivity contribution is -0.117. The molecule has 3 amide bonds. The van der Waals surface area contributed by atoms with Crippen LogP contribution in [0.5, 0.6) is 0 Å². The molecule has 130 valence electrons. The van der Waals surface area contributed by atoms with Crippen LogP contribution in [0, 0.1) is 18.6 Å². The van der Waals surface area contributed by atoms with Crippen molar-refractivity contribution in [2.24, 2.45) is 0 Å². The van der Waals surface area contributed by atoms with Gasteiger partial charge in [0.2, 0.25) is 5.91 Å². The normalized spacial score (nSPS) is 16.8. The van der Waals surface area contributed by atoms with Gasteiger partial charge >= 0.3 is 6.03 Å². The third-order valence-electron chi connectivity index (χ3n) is 4.01. The molecule has 2 N–H and O–H groups in total. The molecule has 1 unspecified atom stereocenters. The molecule has 0 aromatic heterocycles. The van der Waals surface area contributed by atoms with Gasteiger partial charge in [0.1, 0.15) is 17.3 Å². The molecule has 0 spiro atoms. The minimum absolute atomic E-state index is 0.119. The van der Waals surface area contributed by atoms with E-state index in [9.17, 15) is 18.4 Å². The minimum atomic E-state index is -0.862. The van der Waals surface area contributed by atoms with Crippen LogP contribution in [-0.4, -0.2) is 24.5 Å². The summed E-state index contributed by atoms with van der Waals surface area (Å²) in [6.07, 6.45) is 0.126. The lowest BCUT2D eigenvalue weighted by atomic mass is 10.2. The fourth-order valence-corrected chi connectivity index (χ4v) is 2.73. The van der Waals surface area contributed by atoms with Gasteiger partial charge in [0, 0.05) is 18.7 Å². The molecule has 0 aliphatic carbocycles. The van der Waals surface area contributed by atoms with Crippen LogP contribution in [0.3, 0.4) is 0 Å². The van der Waals surface area contributed by atoms with Crippen molar-refractivity contribution < 1.29 is 18.4 Å². The number of amides is 3. The third kappa shape index (κ3) is 3.76. The predicted octanol–water partition coefficient (Wildman–Crippen LogP) is 3.20. The molecular formula is C18H17F2N3O2. The Bertz CT molecular complexity index is 788. The van der Waals surface area contributed by atoms with Crippen molar-refractivity contribution in [1.29, 1.82) is 0 Å². The maximum Gasteiger partial charge on any atom is 0.319 e. The summed E-state index contributed by atoms with van der Waals surface area (Å²) >= 11 is 0. The molecule has 2 aromatic rings. The average Bonchev–Trinajstić information content (AvgIpc) is 2.92. The highest BCUT2D eigenvalue weighted by Gasteiger charge is 2.31. The van der Waals surface area contributed by atoms with E-state index in [-0.39, 0.29) is 12.3 Å². The van der Waals surface area contributed by atoms with Crippen LogP contribution in [-0.2, 0) is 4.79 Å². The van der Waals surface area contributed by atoms with E-state index in [0.29, 0.717) is 6.54 Å². The van der Waals surface area contributed by atoms with Crippen molar-refractivity contribution in [3.63, 3.8) is 0 Å². The summed E-state index contributed by atoms with van der Waals surface area (Å²) < 4.78 is 27.1. The summed E-state index contributed by atoms with van der Waals surface area (Å²) in [6.45, 7) is 2.25. The van der Waals surface area contributed by atoms with Crippen molar-refractivity contribution >= 4 is 23.3 Å². The van der Waals surface area contributed by atoms with E-state index in [1.165, 1.54) is 6.07 Å². The summed E-state index contributed by atoms with van der Waals surface area (Å²) in [4.78, 5) is 25.7. The maximum atomic E-state index is 13.6. The van der Waals surface area contributed by atoms with Gasteiger partial charge in [-0.1, -0.05) is 23.8 Å². The van der Waals surface area contributed by atoms with Gasteiger partial charge in [0.15, 0.2) is 0 Å². The number of benzene rings is 2. The number of urea groups is 1. The van der Waals surface area contributed by atoms with Crippen LogP contribution in [0.15, 0.2) is 42.5 Å². The Labute approximate surface area is 143 Å². The van der Waals surface area contributed by atoms with E-state index in [2.05, 4.69) is 10.6 Å². The van der Waals surface area contributed by atoms with Crippen molar-refractivity contribution in [3.8, 4) is 0 Å². The van der Waals surface area contributed by atoms with Gasteiger partial charge < -0.3 is 15.5 Å². The first kappa shape index (κ1) is 16.9. The predicted molar refractivity (Wildman–Crippen MR) is 90.4 cm³/mol. The van der Waals surface area contributed by atoms with Gasteiger partial charge in [-0.2, -0.15) is 0 Å². The summed E-state index contributed by atoms with van der Waals surface area (Å²) in [5, 5.41) is 4.73. The molecule has 1 aliphatic heterocycles. The molecule has 1 heterocycles. The van der Waals surface area contributed by atoms with E-state index in [4.69, 9.17) is 0 Å². The van der Waals surface area contributed by atoms with E-state index in [1.54, 1.807) is 4.90 Å². The Morgan fingerprint density at radius 3 is 2.40 bits per heavy atom. The topological polar surface area (TPSA) is 61.4 Å². The molecule has 1 fully saturated rings. The first-order valence-corrected chi connectivity index (χ1v) is 7.82. The largest absolute Gasteiger partial charge is 0.333 e. The first-order valence-electron chi connectivity index (χ1n) is 7.82. The number of aryl methyl sites for hydroxylation is 1. The van der Waals surface area contributed by atoms with Crippen LogP contribution >= 0.6 is 0 Å². The molecule has 7 heteroatoms. The van der Waals surface area contributed by atoms with Gasteiger partial charge in [-0.3, -0.25) is 4.79 Å². The number of hydrogen-bond donors (Lipinski definition) is 2. The van der Waals surface area contributed by atoms with Gasteiger partial charge in [0.25, 0.3) is 0 Å². The number of carbonyl (C=O) groups excluding carboxylic acids is 2. The highest BCUT2D eigenvalue weighted by molar-refractivity contribution is 5.97. The number of nitrogens with zero attached hydrogens (tertiary/aromatic N) is 1. The SMILES string of the molecule is Cc1ccc(N2CC(NC(=O)Nc3c(F)cccc3F)CC2=O)cc1. The second-order valence-corrected chi connectivity index (χ2v) is 5.94. The highest BCUT2D eigenvalue weighted by Crippen LogP contribution is 2.22. The number of hydrogen-bond acceptors (Lipinski definition) is 2. The number of rotatable bonds is 3. The fourth-order valence-electron chi connectivity index (χ4n) is 2.73. The van der Waals surface area contributed by atoms with Crippen LogP contribution < -0.4 is 15.5 Å². The summed E-state index contributed by atoms with van der Waals surface area (Å²) in [5.74, 6) is -1.84. The molecule has 3 rings (SSSR count). The summed E-state index contributed by atoms with van der Waals surface area (Å²) in [5.41, 5.74) is 1.32. The third-order valence-corrected chi connectivity index (χ3v) is 4.01. The number of nitrogens with one attached hydrogen (secondary N) is 2.